The number of rotatable bonds is 3. The smallest absolute Gasteiger partial charge is 0.271 e. The fourth-order valence-electron chi connectivity index (χ4n) is 3.70. The third-order valence-corrected chi connectivity index (χ3v) is 5.75. The summed E-state index contributed by atoms with van der Waals surface area (Å²) in [5.74, 6) is 0.219. The van der Waals surface area contributed by atoms with Crippen molar-refractivity contribution in [3.63, 3.8) is 0 Å². The van der Waals surface area contributed by atoms with E-state index in [2.05, 4.69) is 62.3 Å². The van der Waals surface area contributed by atoms with E-state index < -0.39 is 0 Å². The molecule has 2 aromatic carbocycles. The maximum atomic E-state index is 12.2. The maximum absolute atomic E-state index is 12.2. The van der Waals surface area contributed by atoms with Crippen LogP contribution in [0.3, 0.4) is 0 Å². The number of hydrogen-bond donors (Lipinski definition) is 1. The SMILES string of the molecule is Cc1cc2c(cc1/C=N\NC(=O)c1ccc(Cl)cc1)C(C)CC(C)(C)N2C. The van der Waals surface area contributed by atoms with Gasteiger partial charge in [-0.25, -0.2) is 5.43 Å². The maximum Gasteiger partial charge on any atom is 0.271 e. The van der Waals surface area contributed by atoms with Crippen LogP contribution in [0.2, 0.25) is 5.02 Å². The Bertz CT molecular complexity index is 887. The quantitative estimate of drug-likeness (QED) is 0.589. The van der Waals surface area contributed by atoms with Crippen LogP contribution in [0.4, 0.5) is 5.69 Å². The molecule has 1 atom stereocenters. The first-order valence-electron chi connectivity index (χ1n) is 9.16. The summed E-state index contributed by atoms with van der Waals surface area (Å²) in [4.78, 5) is 14.5. The Labute approximate surface area is 166 Å². The second-order valence-electron chi connectivity index (χ2n) is 7.95. The molecule has 0 aliphatic carbocycles. The van der Waals surface area contributed by atoms with Crippen LogP contribution in [0.25, 0.3) is 0 Å². The summed E-state index contributed by atoms with van der Waals surface area (Å²) in [6.07, 6.45) is 2.82. The number of aryl methyl sites for hydroxylation is 1. The molecular formula is C22H26ClN3O. The van der Waals surface area contributed by atoms with Crippen molar-refractivity contribution in [2.45, 2.75) is 45.6 Å². The molecule has 3 rings (SSSR count). The molecule has 0 spiro atoms. The molecule has 142 valence electrons. The van der Waals surface area contributed by atoms with E-state index in [9.17, 15) is 4.79 Å². The molecular weight excluding hydrogens is 358 g/mol. The van der Waals surface area contributed by atoms with Gasteiger partial charge in [-0.1, -0.05) is 18.5 Å². The van der Waals surface area contributed by atoms with Gasteiger partial charge in [-0.3, -0.25) is 4.79 Å². The van der Waals surface area contributed by atoms with Gasteiger partial charge in [0.1, 0.15) is 0 Å². The van der Waals surface area contributed by atoms with E-state index in [1.807, 2.05) is 0 Å². The van der Waals surface area contributed by atoms with Gasteiger partial charge in [-0.2, -0.15) is 5.10 Å². The van der Waals surface area contributed by atoms with Crippen LogP contribution < -0.4 is 10.3 Å². The molecule has 1 N–H and O–H groups in total. The first kappa shape index (κ1) is 19.4. The van der Waals surface area contributed by atoms with Gasteiger partial charge in [0.25, 0.3) is 5.91 Å². The monoisotopic (exact) mass is 383 g/mol. The lowest BCUT2D eigenvalue weighted by molar-refractivity contribution is 0.0955. The van der Waals surface area contributed by atoms with Crippen molar-refractivity contribution in [2.24, 2.45) is 5.10 Å². The Hall–Kier alpha value is -2.33. The number of anilines is 1. The summed E-state index contributed by atoms with van der Waals surface area (Å²) >= 11 is 5.85. The summed E-state index contributed by atoms with van der Waals surface area (Å²) in [5, 5.41) is 4.75. The first-order valence-corrected chi connectivity index (χ1v) is 9.54. The number of nitrogens with one attached hydrogen (secondary N) is 1. The van der Waals surface area contributed by atoms with Gasteiger partial charge in [-0.05, 0) is 86.2 Å². The lowest BCUT2D eigenvalue weighted by atomic mass is 9.79. The normalized spacial score (nSPS) is 18.4. The van der Waals surface area contributed by atoms with Crippen LogP contribution in [0.5, 0.6) is 0 Å². The molecule has 0 aromatic heterocycles. The summed E-state index contributed by atoms with van der Waals surface area (Å²) < 4.78 is 0. The van der Waals surface area contributed by atoms with E-state index in [0.29, 0.717) is 16.5 Å². The third-order valence-electron chi connectivity index (χ3n) is 5.50. The zero-order valence-electron chi connectivity index (χ0n) is 16.5. The van der Waals surface area contributed by atoms with Gasteiger partial charge in [-0.15, -0.1) is 0 Å². The molecule has 4 nitrogen and oxygen atoms in total. The summed E-state index contributed by atoms with van der Waals surface area (Å²) in [6, 6.07) is 11.1. The third kappa shape index (κ3) is 4.01. The van der Waals surface area contributed by atoms with Crippen molar-refractivity contribution in [2.75, 3.05) is 11.9 Å². The number of hydrazone groups is 1. The fourth-order valence-corrected chi connectivity index (χ4v) is 3.83. The molecule has 5 heteroatoms. The highest BCUT2D eigenvalue weighted by Crippen LogP contribution is 2.43. The number of carbonyl (C=O) groups excluding carboxylic acids is 1. The Balaban J connectivity index is 1.80. The standard InChI is InChI=1S/C22H26ClN3O/c1-14-10-20-19(15(2)12-22(3,4)26(20)5)11-17(14)13-24-25-21(27)16-6-8-18(23)9-7-16/h6-11,13,15H,12H2,1-5H3,(H,25,27)/b24-13-. The van der Waals surface area contributed by atoms with Crippen molar-refractivity contribution in [3.8, 4) is 0 Å². The van der Waals surface area contributed by atoms with Gasteiger partial charge < -0.3 is 4.90 Å². The number of hydrogen-bond acceptors (Lipinski definition) is 3. The Morgan fingerprint density at radius 1 is 1.30 bits per heavy atom. The van der Waals surface area contributed by atoms with Crippen LogP contribution in [0.15, 0.2) is 41.5 Å². The molecule has 0 saturated carbocycles. The van der Waals surface area contributed by atoms with Gasteiger partial charge >= 0.3 is 0 Å². The van der Waals surface area contributed by atoms with E-state index in [1.54, 1.807) is 30.5 Å². The molecule has 0 saturated heterocycles. The molecule has 2 aromatic rings. The number of benzene rings is 2. The highest BCUT2D eigenvalue weighted by atomic mass is 35.5. The summed E-state index contributed by atoms with van der Waals surface area (Å²) in [5.41, 5.74) is 8.00. The minimum atomic E-state index is -0.256. The topological polar surface area (TPSA) is 44.7 Å². The number of halogens is 1. The lowest BCUT2D eigenvalue weighted by Crippen LogP contribution is -2.45. The first-order chi connectivity index (χ1) is 12.7. The van der Waals surface area contributed by atoms with E-state index in [1.165, 1.54) is 11.3 Å². The summed E-state index contributed by atoms with van der Waals surface area (Å²) in [7, 11) is 2.16. The van der Waals surface area contributed by atoms with Gasteiger partial charge in [0.2, 0.25) is 0 Å². The van der Waals surface area contributed by atoms with Crippen LogP contribution in [-0.4, -0.2) is 24.7 Å². The zero-order chi connectivity index (χ0) is 19.8. The molecule has 0 bridgehead atoms. The molecule has 1 heterocycles. The van der Waals surface area contributed by atoms with Gasteiger partial charge in [0.05, 0.1) is 6.21 Å². The predicted octanol–water partition coefficient (Wildman–Crippen LogP) is 5.13. The van der Waals surface area contributed by atoms with Crippen LogP contribution in [0, 0.1) is 6.92 Å². The number of nitrogens with zero attached hydrogens (tertiary/aromatic N) is 2. The van der Waals surface area contributed by atoms with Crippen molar-refractivity contribution in [1.29, 1.82) is 0 Å². The van der Waals surface area contributed by atoms with Gasteiger partial charge in [0.15, 0.2) is 0 Å². The lowest BCUT2D eigenvalue weighted by Gasteiger charge is -2.45. The number of amides is 1. The number of fused-ring (bicyclic) bond motifs is 1. The minimum absolute atomic E-state index is 0.140. The van der Waals surface area contributed by atoms with Crippen molar-refractivity contribution in [1.82, 2.24) is 5.43 Å². The molecule has 1 unspecified atom stereocenters. The Kier molecular flexibility index (Phi) is 5.29. The minimum Gasteiger partial charge on any atom is -0.369 e. The molecule has 1 aliphatic rings. The second kappa shape index (κ2) is 7.35. The molecule has 0 fully saturated rings. The van der Waals surface area contributed by atoms with E-state index in [4.69, 9.17) is 11.6 Å². The van der Waals surface area contributed by atoms with Crippen LogP contribution in [0.1, 0.15) is 60.2 Å². The predicted molar refractivity (Wildman–Crippen MR) is 113 cm³/mol. The van der Waals surface area contributed by atoms with E-state index in [-0.39, 0.29) is 11.4 Å². The average molecular weight is 384 g/mol. The Morgan fingerprint density at radius 3 is 2.63 bits per heavy atom. The Morgan fingerprint density at radius 2 is 1.96 bits per heavy atom. The van der Waals surface area contributed by atoms with Crippen LogP contribution in [-0.2, 0) is 0 Å². The highest BCUT2D eigenvalue weighted by molar-refractivity contribution is 6.30. The molecule has 27 heavy (non-hydrogen) atoms. The van der Waals surface area contributed by atoms with Gasteiger partial charge in [0, 0.05) is 28.9 Å². The summed E-state index contributed by atoms with van der Waals surface area (Å²) in [6.45, 7) is 8.90. The van der Waals surface area contributed by atoms with Crippen molar-refractivity contribution < 1.29 is 4.79 Å². The molecule has 1 amide bonds. The van der Waals surface area contributed by atoms with E-state index in [0.717, 1.165) is 17.5 Å². The zero-order valence-corrected chi connectivity index (χ0v) is 17.3. The highest BCUT2D eigenvalue weighted by Gasteiger charge is 2.34. The fraction of sp³-hybridized carbons (Fsp3) is 0.364. The second-order valence-corrected chi connectivity index (χ2v) is 8.39. The van der Waals surface area contributed by atoms with Crippen molar-refractivity contribution >= 4 is 29.4 Å². The number of carbonyl (C=O) groups is 1. The van der Waals surface area contributed by atoms with Crippen LogP contribution >= 0.6 is 11.6 Å². The van der Waals surface area contributed by atoms with E-state index >= 15 is 0 Å². The average Bonchev–Trinajstić information content (AvgIpc) is 2.61. The molecule has 0 radical (unpaired) electrons. The largest absolute Gasteiger partial charge is 0.369 e. The molecule has 1 aliphatic heterocycles. The van der Waals surface area contributed by atoms with Crippen molar-refractivity contribution in [3.05, 3.63) is 63.7 Å².